The molecule has 338 valence electrons. The molecule has 2 unspecified atom stereocenters. The predicted molar refractivity (Wildman–Crippen MR) is 249 cm³/mol. The van der Waals surface area contributed by atoms with Crippen molar-refractivity contribution in [3.63, 3.8) is 0 Å². The van der Waals surface area contributed by atoms with E-state index < -0.39 is 18.1 Å². The number of esters is 2. The number of quaternary nitrogens is 1. The van der Waals surface area contributed by atoms with Gasteiger partial charge >= 0.3 is 11.9 Å². The molecule has 0 saturated carbocycles. The van der Waals surface area contributed by atoms with Crippen molar-refractivity contribution in [3.8, 4) is 0 Å². The molecule has 0 spiro atoms. The van der Waals surface area contributed by atoms with Crippen molar-refractivity contribution in [2.45, 2.75) is 161 Å². The van der Waals surface area contributed by atoms with Gasteiger partial charge in [-0.05, 0) is 96.3 Å². The Morgan fingerprint density at radius 2 is 0.883 bits per heavy atom. The number of likely N-dealkylation sites (N-methyl/N-ethyl adjacent to an activating group) is 1. The van der Waals surface area contributed by atoms with E-state index in [2.05, 4.69) is 123 Å². The van der Waals surface area contributed by atoms with E-state index in [1.54, 1.807) is 21.1 Å². The second-order valence-electron chi connectivity index (χ2n) is 15.9. The van der Waals surface area contributed by atoms with Crippen LogP contribution in [0.2, 0.25) is 0 Å². The van der Waals surface area contributed by atoms with Crippen LogP contribution in [0.25, 0.3) is 0 Å². The van der Waals surface area contributed by atoms with E-state index in [4.69, 9.17) is 14.2 Å². The number of hydrogen-bond donors (Lipinski definition) is 0. The second-order valence-corrected chi connectivity index (χ2v) is 15.9. The Balaban J connectivity index is 4.44. The Labute approximate surface area is 366 Å². The molecule has 0 saturated heterocycles. The first-order valence-electron chi connectivity index (χ1n) is 22.9. The summed E-state index contributed by atoms with van der Waals surface area (Å²) in [4.78, 5) is 36.9. The van der Waals surface area contributed by atoms with E-state index in [9.17, 15) is 19.5 Å². The molecule has 0 radical (unpaired) electrons. The lowest BCUT2D eigenvalue weighted by atomic mass is 10.1. The Morgan fingerprint density at radius 3 is 1.30 bits per heavy atom. The zero-order valence-corrected chi connectivity index (χ0v) is 38.3. The Morgan fingerprint density at radius 1 is 0.500 bits per heavy atom. The first-order valence-corrected chi connectivity index (χ1v) is 22.9. The highest BCUT2D eigenvalue weighted by Gasteiger charge is 2.25. The monoisotopic (exact) mass is 834 g/mol. The SMILES string of the molecule is CC/C=C/C/C=C/C/C=C/C/C=C/C/C=C/C/C=C/CCCCCC(=O)OC(COCCC(C(=O)[O-])[N+](C)(C)C)COC(=O)CCCCCC/C=C/C/C=C/C/C=C/CC. The summed E-state index contributed by atoms with van der Waals surface area (Å²) in [7, 11) is 5.37. The van der Waals surface area contributed by atoms with E-state index in [0.29, 0.717) is 12.8 Å². The van der Waals surface area contributed by atoms with Gasteiger partial charge in [0.15, 0.2) is 6.10 Å². The van der Waals surface area contributed by atoms with Gasteiger partial charge in [0.25, 0.3) is 0 Å². The van der Waals surface area contributed by atoms with Crippen LogP contribution >= 0.6 is 0 Å². The normalized spacial score (nSPS) is 13.9. The standard InChI is InChI=1S/C52H83NO7/c1-6-8-10-12-14-16-18-20-22-23-24-25-26-27-28-29-31-33-35-37-39-41-43-51(55)60-48(46-58-45-44-49(52(56)57)53(3,4)5)47-59-50(54)42-40-38-36-34-32-30-21-19-17-15-13-11-9-7-2/h8-11,14-17,20-22,24-25,27-28,30-31,33,48-49H,6-7,12-13,18-19,23,26,29,32,34-47H2,1-5H3/b10-8+,11-9+,16-14+,17-15+,22-20+,25-24+,28-27+,30-21+,33-31+. The van der Waals surface area contributed by atoms with Crippen molar-refractivity contribution >= 4 is 17.9 Å². The fraction of sp³-hybridized carbons (Fsp3) is 0.596. The number of ether oxygens (including phenoxy) is 3. The molecule has 0 aliphatic carbocycles. The first kappa shape index (κ1) is 56.0. The summed E-state index contributed by atoms with van der Waals surface area (Å²) in [5, 5.41) is 11.6. The highest BCUT2D eigenvalue weighted by molar-refractivity contribution is 5.70. The molecule has 0 bridgehead atoms. The predicted octanol–water partition coefficient (Wildman–Crippen LogP) is 11.5. The number of carboxylic acid groups (broad SMARTS) is 1. The lowest BCUT2D eigenvalue weighted by Crippen LogP contribution is -2.55. The van der Waals surface area contributed by atoms with Gasteiger partial charge < -0.3 is 28.6 Å². The van der Waals surface area contributed by atoms with Gasteiger partial charge in [0.1, 0.15) is 12.6 Å². The molecule has 0 N–H and O–H groups in total. The van der Waals surface area contributed by atoms with Crippen molar-refractivity contribution in [2.75, 3.05) is 41.0 Å². The zero-order chi connectivity index (χ0) is 44.2. The quantitative estimate of drug-likeness (QED) is 0.0263. The molecule has 0 amide bonds. The number of hydrogen-bond acceptors (Lipinski definition) is 7. The lowest BCUT2D eigenvalue weighted by Gasteiger charge is -2.34. The van der Waals surface area contributed by atoms with Crippen molar-refractivity contribution in [2.24, 2.45) is 0 Å². The largest absolute Gasteiger partial charge is 0.544 e. The van der Waals surface area contributed by atoms with Crippen LogP contribution < -0.4 is 5.11 Å². The van der Waals surface area contributed by atoms with Crippen LogP contribution in [-0.2, 0) is 28.6 Å². The summed E-state index contributed by atoms with van der Waals surface area (Å²) in [6, 6.07) is -0.743. The highest BCUT2D eigenvalue weighted by atomic mass is 16.6. The van der Waals surface area contributed by atoms with E-state index in [0.717, 1.165) is 109 Å². The van der Waals surface area contributed by atoms with Crippen molar-refractivity contribution in [3.05, 3.63) is 109 Å². The van der Waals surface area contributed by atoms with Crippen LogP contribution in [-0.4, -0.2) is 75.5 Å². The Hall–Kier alpha value is -4.01. The molecule has 8 nitrogen and oxygen atoms in total. The molecule has 0 rings (SSSR count). The maximum atomic E-state index is 12.7. The molecule has 0 heterocycles. The summed E-state index contributed by atoms with van der Waals surface area (Å²) >= 11 is 0. The van der Waals surface area contributed by atoms with Crippen LogP contribution in [0.15, 0.2) is 109 Å². The van der Waals surface area contributed by atoms with Gasteiger partial charge in [-0.15, -0.1) is 0 Å². The van der Waals surface area contributed by atoms with Crippen molar-refractivity contribution < 1.29 is 38.2 Å². The molecule has 8 heteroatoms. The molecular formula is C52H83NO7. The molecule has 0 aromatic heterocycles. The van der Waals surface area contributed by atoms with Gasteiger partial charge in [-0.3, -0.25) is 9.59 Å². The third kappa shape index (κ3) is 39.5. The first-order chi connectivity index (χ1) is 29.1. The summed E-state index contributed by atoms with van der Waals surface area (Å²) in [6.07, 6.45) is 56.9. The number of nitrogens with zero attached hydrogens (tertiary/aromatic N) is 1. The summed E-state index contributed by atoms with van der Waals surface area (Å²) in [6.45, 7) is 4.35. The summed E-state index contributed by atoms with van der Waals surface area (Å²) < 4.78 is 17.1. The molecule has 0 aliphatic heterocycles. The van der Waals surface area contributed by atoms with E-state index in [1.165, 1.54) is 0 Å². The topological polar surface area (TPSA) is 102 Å². The molecule has 0 aliphatic rings. The lowest BCUT2D eigenvalue weighted by molar-refractivity contribution is -0.889. The minimum Gasteiger partial charge on any atom is -0.544 e. The number of rotatable bonds is 39. The van der Waals surface area contributed by atoms with Crippen molar-refractivity contribution in [1.82, 2.24) is 0 Å². The van der Waals surface area contributed by atoms with Crippen LogP contribution in [0.5, 0.6) is 0 Å². The zero-order valence-electron chi connectivity index (χ0n) is 38.3. The maximum absolute atomic E-state index is 12.7. The Bertz CT molecular complexity index is 1340. The molecule has 60 heavy (non-hydrogen) atoms. The van der Waals surface area contributed by atoms with Gasteiger partial charge in [-0.1, -0.05) is 142 Å². The number of allylic oxidation sites excluding steroid dienone is 18. The van der Waals surface area contributed by atoms with Crippen LogP contribution in [0.1, 0.15) is 149 Å². The second kappa shape index (κ2) is 41.7. The third-order valence-corrected chi connectivity index (χ3v) is 9.40. The van der Waals surface area contributed by atoms with Gasteiger partial charge in [0, 0.05) is 19.3 Å². The fourth-order valence-corrected chi connectivity index (χ4v) is 5.91. The van der Waals surface area contributed by atoms with E-state index in [1.807, 2.05) is 0 Å². The smallest absolute Gasteiger partial charge is 0.306 e. The number of aliphatic carboxylic acids is 1. The summed E-state index contributed by atoms with van der Waals surface area (Å²) in [5.74, 6) is -1.83. The van der Waals surface area contributed by atoms with Gasteiger partial charge in [0.2, 0.25) is 0 Å². The van der Waals surface area contributed by atoms with Crippen LogP contribution in [0.4, 0.5) is 0 Å². The van der Waals surface area contributed by atoms with Crippen LogP contribution in [0.3, 0.4) is 0 Å². The minimum absolute atomic E-state index is 0.0117. The molecule has 0 fully saturated rings. The van der Waals surface area contributed by atoms with Gasteiger partial charge in [0.05, 0.1) is 40.3 Å². The molecule has 0 aromatic carbocycles. The van der Waals surface area contributed by atoms with Gasteiger partial charge in [-0.25, -0.2) is 0 Å². The number of unbranched alkanes of at least 4 members (excludes halogenated alkanes) is 7. The van der Waals surface area contributed by atoms with E-state index in [-0.39, 0.29) is 49.1 Å². The maximum Gasteiger partial charge on any atom is 0.306 e. The number of carboxylic acids is 1. The molecule has 2 atom stereocenters. The summed E-state index contributed by atoms with van der Waals surface area (Å²) in [5.41, 5.74) is 0. The fourth-order valence-electron chi connectivity index (χ4n) is 5.91. The third-order valence-electron chi connectivity index (χ3n) is 9.40. The van der Waals surface area contributed by atoms with Gasteiger partial charge in [-0.2, -0.15) is 0 Å². The average Bonchev–Trinajstić information content (AvgIpc) is 3.21. The van der Waals surface area contributed by atoms with Crippen LogP contribution in [0, 0.1) is 0 Å². The molecule has 0 aromatic rings. The molecular weight excluding hydrogens is 751 g/mol. The Kier molecular flexibility index (Phi) is 38.9. The highest BCUT2D eigenvalue weighted by Crippen LogP contribution is 2.11. The van der Waals surface area contributed by atoms with E-state index >= 15 is 0 Å². The average molecular weight is 834 g/mol. The minimum atomic E-state index is -1.14. The number of carbonyl (C=O) groups excluding carboxylic acids is 3. The van der Waals surface area contributed by atoms with Crippen molar-refractivity contribution in [1.29, 1.82) is 0 Å². The number of carbonyl (C=O) groups is 3.